The second-order valence-corrected chi connectivity index (χ2v) is 5.85. The molecule has 25 heavy (non-hydrogen) atoms. The van der Waals surface area contributed by atoms with Crippen molar-refractivity contribution in [1.82, 2.24) is 0 Å². The van der Waals surface area contributed by atoms with Gasteiger partial charge in [-0.15, -0.1) is 0 Å². The van der Waals surface area contributed by atoms with Gasteiger partial charge in [-0.05, 0) is 41.0 Å². The summed E-state index contributed by atoms with van der Waals surface area (Å²) in [6, 6.07) is 23.0. The minimum atomic E-state index is -0.577. The van der Waals surface area contributed by atoms with Crippen molar-refractivity contribution in [3.8, 4) is 16.9 Å². The Morgan fingerprint density at radius 3 is 2.44 bits per heavy atom. The predicted molar refractivity (Wildman–Crippen MR) is 95.6 cm³/mol. The van der Waals surface area contributed by atoms with E-state index in [9.17, 15) is 9.59 Å². The lowest BCUT2D eigenvalue weighted by atomic mass is 10.0. The van der Waals surface area contributed by atoms with Gasteiger partial charge in [0, 0.05) is 0 Å². The molecule has 1 aliphatic heterocycles. The monoisotopic (exact) mass is 329 g/mol. The second-order valence-electron chi connectivity index (χ2n) is 5.85. The maximum absolute atomic E-state index is 11.9. The first kappa shape index (κ1) is 15.1. The molecule has 1 aliphatic rings. The summed E-state index contributed by atoms with van der Waals surface area (Å²) < 4.78 is 5.85. The van der Waals surface area contributed by atoms with Crippen LogP contribution in [0.2, 0.25) is 0 Å². The average Bonchev–Trinajstić information content (AvgIpc) is 2.95. The number of carbonyl (C=O) groups is 2. The Balaban J connectivity index is 1.58. The van der Waals surface area contributed by atoms with Crippen molar-refractivity contribution in [2.75, 3.05) is 5.32 Å². The van der Waals surface area contributed by atoms with Gasteiger partial charge in [0.1, 0.15) is 12.4 Å². The molecule has 0 fully saturated rings. The predicted octanol–water partition coefficient (Wildman–Crippen LogP) is 4.07. The fraction of sp³-hybridized carbons (Fsp3) is 0.0476. The molecule has 4 rings (SSSR count). The highest BCUT2D eigenvalue weighted by molar-refractivity contribution is 6.51. The highest BCUT2D eigenvalue weighted by Gasteiger charge is 2.27. The van der Waals surface area contributed by atoms with Crippen molar-refractivity contribution in [2.45, 2.75) is 6.61 Å². The van der Waals surface area contributed by atoms with Crippen LogP contribution in [0, 0.1) is 0 Å². The van der Waals surface area contributed by atoms with Crippen molar-refractivity contribution in [3.05, 3.63) is 83.9 Å². The third-order valence-electron chi connectivity index (χ3n) is 4.13. The van der Waals surface area contributed by atoms with Gasteiger partial charge in [0.15, 0.2) is 0 Å². The van der Waals surface area contributed by atoms with E-state index in [1.165, 1.54) is 0 Å². The molecule has 0 spiro atoms. The highest BCUT2D eigenvalue weighted by Crippen LogP contribution is 2.30. The maximum Gasteiger partial charge on any atom is 0.296 e. The van der Waals surface area contributed by atoms with E-state index in [4.69, 9.17) is 4.74 Å². The number of hydrogen-bond acceptors (Lipinski definition) is 3. The molecule has 1 heterocycles. The van der Waals surface area contributed by atoms with Gasteiger partial charge < -0.3 is 10.1 Å². The Labute approximate surface area is 145 Å². The van der Waals surface area contributed by atoms with Crippen molar-refractivity contribution < 1.29 is 14.3 Å². The summed E-state index contributed by atoms with van der Waals surface area (Å²) in [6.45, 7) is 0.491. The summed E-state index contributed by atoms with van der Waals surface area (Å²) in [7, 11) is 0. The second kappa shape index (κ2) is 6.24. The van der Waals surface area contributed by atoms with Crippen molar-refractivity contribution in [2.24, 2.45) is 0 Å². The van der Waals surface area contributed by atoms with Crippen LogP contribution in [0.4, 0.5) is 5.69 Å². The first-order valence-electron chi connectivity index (χ1n) is 7.97. The largest absolute Gasteiger partial charge is 0.489 e. The molecule has 4 heteroatoms. The van der Waals surface area contributed by atoms with Crippen molar-refractivity contribution in [3.63, 3.8) is 0 Å². The lowest BCUT2D eigenvalue weighted by molar-refractivity contribution is -0.112. The van der Waals surface area contributed by atoms with E-state index in [2.05, 4.69) is 5.32 Å². The molecular weight excluding hydrogens is 314 g/mol. The van der Waals surface area contributed by atoms with Crippen LogP contribution in [0.1, 0.15) is 15.9 Å². The number of nitrogens with one attached hydrogen (secondary N) is 1. The van der Waals surface area contributed by atoms with Gasteiger partial charge in [-0.1, -0.05) is 48.5 Å². The highest BCUT2D eigenvalue weighted by atomic mass is 16.5. The van der Waals surface area contributed by atoms with Gasteiger partial charge in [0.05, 0.1) is 11.3 Å². The average molecular weight is 329 g/mol. The number of rotatable bonds is 4. The number of ketones is 1. The molecule has 0 saturated carbocycles. The number of ether oxygens (including phenoxy) is 1. The number of carbonyl (C=O) groups excluding carboxylic acids is 2. The molecule has 0 atom stereocenters. The summed E-state index contributed by atoms with van der Waals surface area (Å²) in [5, 5.41) is 2.56. The lowest BCUT2D eigenvalue weighted by Crippen LogP contribution is -2.12. The Bertz CT molecular complexity index is 964. The van der Waals surface area contributed by atoms with Crippen molar-refractivity contribution in [1.29, 1.82) is 0 Å². The molecule has 3 aromatic carbocycles. The van der Waals surface area contributed by atoms with E-state index in [1.807, 2.05) is 60.7 Å². The van der Waals surface area contributed by atoms with Crippen LogP contribution in [0.15, 0.2) is 72.8 Å². The van der Waals surface area contributed by atoms with Crippen LogP contribution >= 0.6 is 0 Å². The molecule has 3 aromatic rings. The zero-order valence-electron chi connectivity index (χ0n) is 13.4. The normalized spacial score (nSPS) is 12.6. The van der Waals surface area contributed by atoms with Crippen LogP contribution in [0.25, 0.3) is 11.1 Å². The van der Waals surface area contributed by atoms with E-state index in [0.29, 0.717) is 17.9 Å². The summed E-state index contributed by atoms with van der Waals surface area (Å²) >= 11 is 0. The number of Topliss-reactive ketones (excluding diaryl/α,β-unsaturated/α-hetero) is 1. The van der Waals surface area contributed by atoms with Gasteiger partial charge in [-0.3, -0.25) is 9.59 Å². The summed E-state index contributed by atoms with van der Waals surface area (Å²) in [5.41, 5.74) is 3.88. The quantitative estimate of drug-likeness (QED) is 0.734. The van der Waals surface area contributed by atoms with Crippen LogP contribution in [0.5, 0.6) is 5.75 Å². The van der Waals surface area contributed by atoms with Gasteiger partial charge in [0.2, 0.25) is 0 Å². The summed E-state index contributed by atoms with van der Waals surface area (Å²) in [6.07, 6.45) is 0. The molecule has 0 unspecified atom stereocenters. The zero-order valence-corrected chi connectivity index (χ0v) is 13.4. The molecule has 0 bridgehead atoms. The fourth-order valence-corrected chi connectivity index (χ4v) is 2.83. The third-order valence-corrected chi connectivity index (χ3v) is 4.13. The Morgan fingerprint density at radius 2 is 1.60 bits per heavy atom. The van der Waals surface area contributed by atoms with Gasteiger partial charge in [-0.25, -0.2) is 0 Å². The maximum atomic E-state index is 11.9. The Hall–Kier alpha value is -3.40. The van der Waals surface area contributed by atoms with E-state index < -0.39 is 11.7 Å². The third kappa shape index (κ3) is 3.02. The first-order valence-corrected chi connectivity index (χ1v) is 7.97. The molecule has 4 nitrogen and oxygen atoms in total. The fourth-order valence-electron chi connectivity index (χ4n) is 2.83. The molecule has 122 valence electrons. The van der Waals surface area contributed by atoms with Crippen LogP contribution < -0.4 is 10.1 Å². The van der Waals surface area contributed by atoms with Gasteiger partial charge >= 0.3 is 0 Å². The number of hydrogen-bond donors (Lipinski definition) is 1. The van der Waals surface area contributed by atoms with Crippen LogP contribution in [-0.2, 0) is 11.4 Å². The molecule has 1 N–H and O–H groups in total. The molecular formula is C21H15NO3. The SMILES string of the molecule is O=C1Nc2ccc(-c3cccc(OCc4ccccc4)c3)cc2C1=O. The molecule has 1 amide bonds. The number of benzene rings is 3. The van der Waals surface area contributed by atoms with Gasteiger partial charge in [0.25, 0.3) is 11.7 Å². The molecule has 0 saturated heterocycles. The molecule has 0 aromatic heterocycles. The number of anilines is 1. The van der Waals surface area contributed by atoms with E-state index in [-0.39, 0.29) is 0 Å². The first-order chi connectivity index (χ1) is 12.2. The summed E-state index contributed by atoms with van der Waals surface area (Å²) in [5.74, 6) is -0.317. The van der Waals surface area contributed by atoms with Crippen LogP contribution in [-0.4, -0.2) is 11.7 Å². The minimum absolute atomic E-state index is 0.415. The molecule has 0 radical (unpaired) electrons. The van der Waals surface area contributed by atoms with E-state index in [1.54, 1.807) is 12.1 Å². The van der Waals surface area contributed by atoms with Crippen molar-refractivity contribution >= 4 is 17.4 Å². The standard InChI is InChI=1S/C21H15NO3/c23-20-18-12-16(9-10-19(18)22-21(20)24)15-7-4-8-17(11-15)25-13-14-5-2-1-3-6-14/h1-12H,13H2,(H,22,23,24). The Kier molecular flexibility index (Phi) is 3.78. The topological polar surface area (TPSA) is 55.4 Å². The van der Waals surface area contributed by atoms with E-state index in [0.717, 1.165) is 22.4 Å². The van der Waals surface area contributed by atoms with E-state index >= 15 is 0 Å². The molecule has 0 aliphatic carbocycles. The number of fused-ring (bicyclic) bond motifs is 1. The Morgan fingerprint density at radius 1 is 0.800 bits per heavy atom. The summed E-state index contributed by atoms with van der Waals surface area (Å²) in [4.78, 5) is 23.3. The zero-order chi connectivity index (χ0) is 17.2. The lowest BCUT2D eigenvalue weighted by Gasteiger charge is -2.09. The number of amides is 1. The van der Waals surface area contributed by atoms with Gasteiger partial charge in [-0.2, -0.15) is 0 Å². The smallest absolute Gasteiger partial charge is 0.296 e. The minimum Gasteiger partial charge on any atom is -0.489 e. The van der Waals surface area contributed by atoms with Crippen LogP contribution in [0.3, 0.4) is 0 Å².